The van der Waals surface area contributed by atoms with Gasteiger partial charge in [0, 0.05) is 43.7 Å². The van der Waals surface area contributed by atoms with Crippen LogP contribution in [-0.2, 0) is 11.2 Å². The van der Waals surface area contributed by atoms with Gasteiger partial charge in [-0.05, 0) is 25.1 Å². The van der Waals surface area contributed by atoms with Gasteiger partial charge in [0.15, 0.2) is 0 Å². The van der Waals surface area contributed by atoms with Gasteiger partial charge < -0.3 is 10.2 Å². The molecule has 1 amide bonds. The lowest BCUT2D eigenvalue weighted by Gasteiger charge is -2.35. The molecule has 4 rings (SSSR count). The first kappa shape index (κ1) is 21.7. The highest BCUT2D eigenvalue weighted by atomic mass is 32.1. The van der Waals surface area contributed by atoms with Crippen molar-refractivity contribution >= 4 is 17.2 Å². The van der Waals surface area contributed by atoms with Crippen molar-refractivity contribution in [3.63, 3.8) is 0 Å². The minimum absolute atomic E-state index is 0.00522. The smallest absolute Gasteiger partial charge is 0.224 e. The Morgan fingerprint density at radius 2 is 1.77 bits per heavy atom. The Hall–Kier alpha value is -2.54. The van der Waals surface area contributed by atoms with Crippen molar-refractivity contribution in [1.82, 2.24) is 20.1 Å². The largest absolute Gasteiger partial charge is 0.348 e. The summed E-state index contributed by atoms with van der Waals surface area (Å²) in [5.41, 5.74) is 4.25. The molecular weight excluding hydrogens is 404 g/mol. The number of nitrogens with zero attached hydrogens (tertiary/aromatic N) is 3. The van der Waals surface area contributed by atoms with E-state index in [4.69, 9.17) is 0 Å². The minimum atomic E-state index is -0.00522. The Labute approximate surface area is 188 Å². The number of likely N-dealkylation sites (N-methyl/N-ethyl adjacent to an activating group) is 1. The molecule has 0 aliphatic carbocycles. The Balaban J connectivity index is 1.40. The first-order chi connectivity index (χ1) is 15.1. The second kappa shape index (κ2) is 10.2. The second-order valence-corrected chi connectivity index (χ2v) is 9.32. The Morgan fingerprint density at radius 1 is 1.06 bits per heavy atom. The van der Waals surface area contributed by atoms with Crippen LogP contribution in [0, 0.1) is 6.92 Å². The van der Waals surface area contributed by atoms with Gasteiger partial charge in [-0.2, -0.15) is 0 Å². The van der Waals surface area contributed by atoms with Gasteiger partial charge in [0.25, 0.3) is 0 Å². The van der Waals surface area contributed by atoms with Crippen LogP contribution < -0.4 is 5.32 Å². The molecular formula is C25H30N4OS. The molecule has 5 nitrogen and oxygen atoms in total. The molecule has 2 aromatic carbocycles. The SMILES string of the molecule is Cc1nc(-c2ccc(CC(=O)NC(CN3CCN(C)CC3)c3ccccc3)cc2)cs1. The lowest BCUT2D eigenvalue weighted by atomic mass is 10.0. The molecule has 162 valence electrons. The molecule has 1 N–H and O–H groups in total. The summed E-state index contributed by atoms with van der Waals surface area (Å²) in [6.07, 6.45) is 0.377. The van der Waals surface area contributed by atoms with E-state index in [1.165, 1.54) is 0 Å². The summed E-state index contributed by atoms with van der Waals surface area (Å²) in [7, 11) is 2.16. The van der Waals surface area contributed by atoms with E-state index in [2.05, 4.69) is 56.8 Å². The standard InChI is InChI=1S/C25H30N4OS/c1-19-26-24(18-31-19)22-10-8-20(9-11-22)16-25(30)27-23(21-6-4-3-5-7-21)17-29-14-12-28(2)13-15-29/h3-11,18,23H,12-17H2,1-2H3,(H,27,30). The number of benzene rings is 2. The molecule has 6 heteroatoms. The fourth-order valence-electron chi connectivity index (χ4n) is 3.93. The molecule has 1 fully saturated rings. The van der Waals surface area contributed by atoms with Crippen LogP contribution in [0.2, 0.25) is 0 Å². The number of aryl methyl sites for hydroxylation is 1. The van der Waals surface area contributed by atoms with E-state index < -0.39 is 0 Å². The van der Waals surface area contributed by atoms with Crippen LogP contribution in [0.4, 0.5) is 0 Å². The van der Waals surface area contributed by atoms with E-state index in [-0.39, 0.29) is 11.9 Å². The highest BCUT2D eigenvalue weighted by molar-refractivity contribution is 7.09. The number of amides is 1. The predicted octanol–water partition coefficient (Wildman–Crippen LogP) is 3.77. The Morgan fingerprint density at radius 3 is 2.42 bits per heavy atom. The third-order valence-electron chi connectivity index (χ3n) is 5.81. The van der Waals surface area contributed by atoms with E-state index in [1.807, 2.05) is 37.3 Å². The predicted molar refractivity (Wildman–Crippen MR) is 127 cm³/mol. The van der Waals surface area contributed by atoms with E-state index in [0.29, 0.717) is 6.42 Å². The van der Waals surface area contributed by atoms with E-state index in [9.17, 15) is 4.79 Å². The molecule has 1 unspecified atom stereocenters. The number of hydrogen-bond acceptors (Lipinski definition) is 5. The maximum absolute atomic E-state index is 12.9. The lowest BCUT2D eigenvalue weighted by molar-refractivity contribution is -0.121. The van der Waals surface area contributed by atoms with E-state index >= 15 is 0 Å². The van der Waals surface area contributed by atoms with Crippen molar-refractivity contribution < 1.29 is 4.79 Å². The maximum Gasteiger partial charge on any atom is 0.224 e. The fourth-order valence-corrected chi connectivity index (χ4v) is 4.55. The average molecular weight is 435 g/mol. The summed E-state index contributed by atoms with van der Waals surface area (Å²) >= 11 is 1.65. The Kier molecular flexibility index (Phi) is 7.12. The molecule has 1 aliphatic rings. The first-order valence-electron chi connectivity index (χ1n) is 10.8. The number of aromatic nitrogens is 1. The monoisotopic (exact) mass is 434 g/mol. The van der Waals surface area contributed by atoms with Crippen LogP contribution >= 0.6 is 11.3 Å². The molecule has 1 saturated heterocycles. The van der Waals surface area contributed by atoms with Crippen LogP contribution in [0.1, 0.15) is 22.2 Å². The molecule has 1 atom stereocenters. The van der Waals surface area contributed by atoms with Crippen molar-refractivity contribution in [1.29, 1.82) is 0 Å². The van der Waals surface area contributed by atoms with Crippen LogP contribution in [0.5, 0.6) is 0 Å². The quantitative estimate of drug-likeness (QED) is 0.615. The first-order valence-corrected chi connectivity index (χ1v) is 11.7. The molecule has 0 spiro atoms. The van der Waals surface area contributed by atoms with Crippen molar-refractivity contribution in [2.24, 2.45) is 0 Å². The Bertz CT molecular complexity index is 978. The zero-order chi connectivity index (χ0) is 21.6. The maximum atomic E-state index is 12.9. The molecule has 1 aromatic heterocycles. The van der Waals surface area contributed by atoms with Crippen LogP contribution in [0.15, 0.2) is 60.0 Å². The molecule has 31 heavy (non-hydrogen) atoms. The summed E-state index contributed by atoms with van der Waals surface area (Å²) in [5, 5.41) is 6.42. The molecule has 3 aromatic rings. The molecule has 1 aliphatic heterocycles. The molecule has 0 bridgehead atoms. The third kappa shape index (κ3) is 6.00. The van der Waals surface area contributed by atoms with Gasteiger partial charge in [-0.15, -0.1) is 11.3 Å². The average Bonchev–Trinajstić information content (AvgIpc) is 3.22. The lowest BCUT2D eigenvalue weighted by Crippen LogP contribution is -2.48. The van der Waals surface area contributed by atoms with Gasteiger partial charge in [-0.3, -0.25) is 9.69 Å². The van der Waals surface area contributed by atoms with E-state index in [1.54, 1.807) is 11.3 Å². The van der Waals surface area contributed by atoms with Crippen molar-refractivity contribution in [2.45, 2.75) is 19.4 Å². The number of carbonyl (C=O) groups excluding carboxylic acids is 1. The normalized spacial score (nSPS) is 16.2. The number of piperazine rings is 1. The van der Waals surface area contributed by atoms with Crippen molar-refractivity contribution in [2.75, 3.05) is 39.8 Å². The minimum Gasteiger partial charge on any atom is -0.348 e. The number of thiazole rings is 1. The van der Waals surface area contributed by atoms with Gasteiger partial charge in [0.2, 0.25) is 5.91 Å². The van der Waals surface area contributed by atoms with Gasteiger partial charge in [-0.25, -0.2) is 4.98 Å². The number of rotatable bonds is 7. The summed E-state index contributed by atoms with van der Waals surface area (Å²) < 4.78 is 0. The van der Waals surface area contributed by atoms with Gasteiger partial charge >= 0.3 is 0 Å². The van der Waals surface area contributed by atoms with Crippen LogP contribution in [0.3, 0.4) is 0 Å². The molecule has 0 saturated carbocycles. The summed E-state index contributed by atoms with van der Waals surface area (Å²) in [4.78, 5) is 22.2. The fraction of sp³-hybridized carbons (Fsp3) is 0.360. The van der Waals surface area contributed by atoms with E-state index in [0.717, 1.165) is 60.1 Å². The van der Waals surface area contributed by atoms with Gasteiger partial charge in [0.1, 0.15) is 0 Å². The van der Waals surface area contributed by atoms with Crippen LogP contribution in [-0.4, -0.2) is 60.5 Å². The topological polar surface area (TPSA) is 48.5 Å². The number of hydrogen-bond donors (Lipinski definition) is 1. The summed E-state index contributed by atoms with van der Waals surface area (Å²) in [6, 6.07) is 18.5. The van der Waals surface area contributed by atoms with Crippen LogP contribution in [0.25, 0.3) is 11.3 Å². The highest BCUT2D eigenvalue weighted by Crippen LogP contribution is 2.22. The number of carbonyl (C=O) groups is 1. The third-order valence-corrected chi connectivity index (χ3v) is 6.58. The van der Waals surface area contributed by atoms with Gasteiger partial charge in [0.05, 0.1) is 23.2 Å². The van der Waals surface area contributed by atoms with Crippen molar-refractivity contribution in [3.8, 4) is 11.3 Å². The summed E-state index contributed by atoms with van der Waals surface area (Å²) in [6.45, 7) is 7.06. The second-order valence-electron chi connectivity index (χ2n) is 8.26. The van der Waals surface area contributed by atoms with Crippen molar-refractivity contribution in [3.05, 3.63) is 76.1 Å². The summed E-state index contributed by atoms with van der Waals surface area (Å²) in [5.74, 6) is 0.0558. The molecule has 2 heterocycles. The number of nitrogens with one attached hydrogen (secondary N) is 1. The van der Waals surface area contributed by atoms with Gasteiger partial charge in [-0.1, -0.05) is 54.6 Å². The molecule has 0 radical (unpaired) electrons. The zero-order valence-electron chi connectivity index (χ0n) is 18.3. The highest BCUT2D eigenvalue weighted by Gasteiger charge is 2.21. The zero-order valence-corrected chi connectivity index (χ0v) is 19.1.